The van der Waals surface area contributed by atoms with E-state index in [1.807, 2.05) is 42.6 Å². The molecule has 3 aromatic heterocycles. The first-order valence-corrected chi connectivity index (χ1v) is 9.90. The third-order valence-corrected chi connectivity index (χ3v) is 5.61. The van der Waals surface area contributed by atoms with Gasteiger partial charge in [0.05, 0.1) is 11.9 Å². The summed E-state index contributed by atoms with van der Waals surface area (Å²) in [5, 5.41) is 11.2. The molecule has 1 aliphatic rings. The minimum absolute atomic E-state index is 0.116. The average molecular weight is 441 g/mol. The first-order valence-electron chi connectivity index (χ1n) is 8.29. The van der Waals surface area contributed by atoms with Crippen LogP contribution >= 0.6 is 27.3 Å². The number of anilines is 2. The van der Waals surface area contributed by atoms with Gasteiger partial charge in [0.2, 0.25) is 16.0 Å². The fourth-order valence-corrected chi connectivity index (χ4v) is 4.25. The molecule has 5 rings (SSSR count). The van der Waals surface area contributed by atoms with Gasteiger partial charge in [-0.3, -0.25) is 4.79 Å². The lowest BCUT2D eigenvalue weighted by molar-refractivity contribution is -0.117. The van der Waals surface area contributed by atoms with Gasteiger partial charge in [-0.15, -0.1) is 5.10 Å². The average Bonchev–Trinajstić information content (AvgIpc) is 3.22. The second kappa shape index (κ2) is 6.43. The van der Waals surface area contributed by atoms with E-state index in [9.17, 15) is 4.79 Å². The summed E-state index contributed by atoms with van der Waals surface area (Å²) in [6.45, 7) is 0. The van der Waals surface area contributed by atoms with Crippen LogP contribution in [0.1, 0.15) is 5.56 Å². The highest BCUT2D eigenvalue weighted by Crippen LogP contribution is 2.28. The zero-order valence-corrected chi connectivity index (χ0v) is 16.3. The Kier molecular flexibility index (Phi) is 3.91. The topological polar surface area (TPSA) is 84.2 Å². The van der Waals surface area contributed by atoms with Gasteiger partial charge in [-0.25, -0.2) is 14.5 Å². The number of benzene rings is 1. The maximum atomic E-state index is 12.4. The van der Waals surface area contributed by atoms with Crippen LogP contribution in [0.5, 0.6) is 0 Å². The van der Waals surface area contributed by atoms with Crippen molar-refractivity contribution in [1.82, 2.24) is 19.6 Å². The van der Waals surface area contributed by atoms with Gasteiger partial charge in [-0.1, -0.05) is 41.7 Å². The molecule has 4 heterocycles. The first-order chi connectivity index (χ1) is 13.2. The SMILES string of the molecule is O=C1Nc2ncc(Br)cc2CC1Nc1nn2cc(-c3ccccc3)nc2s1. The van der Waals surface area contributed by atoms with Crippen molar-refractivity contribution in [3.05, 3.63) is 58.8 Å². The van der Waals surface area contributed by atoms with E-state index < -0.39 is 6.04 Å². The molecule has 134 valence electrons. The molecule has 4 aromatic rings. The van der Waals surface area contributed by atoms with Gasteiger partial charge in [0.25, 0.3) is 0 Å². The largest absolute Gasteiger partial charge is 0.348 e. The molecule has 27 heavy (non-hydrogen) atoms. The van der Waals surface area contributed by atoms with Crippen LogP contribution in [0.3, 0.4) is 0 Å². The predicted octanol–water partition coefficient (Wildman–Crippen LogP) is 3.59. The summed E-state index contributed by atoms with van der Waals surface area (Å²) in [4.78, 5) is 22.0. The quantitative estimate of drug-likeness (QED) is 0.508. The second-order valence-electron chi connectivity index (χ2n) is 6.18. The zero-order valence-electron chi connectivity index (χ0n) is 13.9. The minimum Gasteiger partial charge on any atom is -0.348 e. The molecule has 1 aliphatic heterocycles. The van der Waals surface area contributed by atoms with Gasteiger partial charge in [-0.2, -0.15) is 0 Å². The van der Waals surface area contributed by atoms with E-state index in [4.69, 9.17) is 0 Å². The van der Waals surface area contributed by atoms with Crippen LogP contribution in [0.25, 0.3) is 16.2 Å². The van der Waals surface area contributed by atoms with E-state index in [0.717, 1.165) is 26.3 Å². The molecule has 0 fully saturated rings. The van der Waals surface area contributed by atoms with Crippen LogP contribution < -0.4 is 10.6 Å². The molecule has 1 amide bonds. The Hall–Kier alpha value is -2.78. The van der Waals surface area contributed by atoms with Crippen LogP contribution in [0.4, 0.5) is 10.9 Å². The second-order valence-corrected chi connectivity index (χ2v) is 8.05. The number of nitrogens with zero attached hydrogens (tertiary/aromatic N) is 4. The van der Waals surface area contributed by atoms with E-state index in [0.29, 0.717) is 17.4 Å². The zero-order chi connectivity index (χ0) is 18.4. The lowest BCUT2D eigenvalue weighted by atomic mass is 10.0. The minimum atomic E-state index is -0.405. The number of nitrogens with one attached hydrogen (secondary N) is 2. The van der Waals surface area contributed by atoms with Crippen LogP contribution in [0, 0.1) is 0 Å². The number of aromatic nitrogens is 4. The molecule has 0 aliphatic carbocycles. The Morgan fingerprint density at radius 2 is 2.15 bits per heavy atom. The number of hydrogen-bond acceptors (Lipinski definition) is 6. The molecule has 9 heteroatoms. The van der Waals surface area contributed by atoms with Crippen molar-refractivity contribution in [3.63, 3.8) is 0 Å². The molecule has 0 radical (unpaired) electrons. The maximum absolute atomic E-state index is 12.4. The van der Waals surface area contributed by atoms with Gasteiger partial charge < -0.3 is 10.6 Å². The van der Waals surface area contributed by atoms with Crippen molar-refractivity contribution in [2.24, 2.45) is 0 Å². The van der Waals surface area contributed by atoms with Crippen molar-refractivity contribution >= 4 is 49.1 Å². The molecule has 1 atom stereocenters. The summed E-state index contributed by atoms with van der Waals surface area (Å²) in [7, 11) is 0. The van der Waals surface area contributed by atoms with Crippen molar-refractivity contribution in [3.8, 4) is 11.3 Å². The van der Waals surface area contributed by atoms with Crippen molar-refractivity contribution in [2.75, 3.05) is 10.6 Å². The molecule has 1 unspecified atom stereocenters. The number of carbonyl (C=O) groups is 1. The van der Waals surface area contributed by atoms with Gasteiger partial charge in [0.1, 0.15) is 11.9 Å². The Morgan fingerprint density at radius 3 is 2.96 bits per heavy atom. The highest BCUT2D eigenvalue weighted by atomic mass is 79.9. The third-order valence-electron chi connectivity index (χ3n) is 4.33. The summed E-state index contributed by atoms with van der Waals surface area (Å²) in [6.07, 6.45) is 4.11. The predicted molar refractivity (Wildman–Crippen MR) is 108 cm³/mol. The summed E-state index contributed by atoms with van der Waals surface area (Å²) in [5.41, 5.74) is 2.90. The van der Waals surface area contributed by atoms with E-state index in [-0.39, 0.29) is 5.91 Å². The molecule has 2 N–H and O–H groups in total. The van der Waals surface area contributed by atoms with Crippen molar-refractivity contribution < 1.29 is 4.79 Å². The van der Waals surface area contributed by atoms with Gasteiger partial charge in [-0.05, 0) is 27.6 Å². The number of imidazole rings is 1. The Bertz CT molecular complexity index is 1120. The van der Waals surface area contributed by atoms with E-state index in [2.05, 4.69) is 41.6 Å². The van der Waals surface area contributed by atoms with Crippen LogP contribution in [-0.4, -0.2) is 31.5 Å². The van der Waals surface area contributed by atoms with Crippen LogP contribution in [0.15, 0.2) is 53.3 Å². The number of carbonyl (C=O) groups excluding carboxylic acids is 1. The highest BCUT2D eigenvalue weighted by Gasteiger charge is 2.28. The van der Waals surface area contributed by atoms with Crippen LogP contribution in [-0.2, 0) is 11.2 Å². The molecule has 0 bridgehead atoms. The maximum Gasteiger partial charge on any atom is 0.248 e. The lowest BCUT2D eigenvalue weighted by Crippen LogP contribution is -2.40. The molecule has 7 nitrogen and oxygen atoms in total. The van der Waals surface area contributed by atoms with Crippen molar-refractivity contribution in [2.45, 2.75) is 12.5 Å². The molecular weight excluding hydrogens is 428 g/mol. The highest BCUT2D eigenvalue weighted by molar-refractivity contribution is 9.10. The molecule has 0 spiro atoms. The summed E-state index contributed by atoms with van der Waals surface area (Å²) < 4.78 is 2.62. The van der Waals surface area contributed by atoms with Gasteiger partial charge >= 0.3 is 0 Å². The fraction of sp³-hybridized carbons (Fsp3) is 0.111. The van der Waals surface area contributed by atoms with E-state index in [1.165, 1.54) is 11.3 Å². The molecule has 0 saturated heterocycles. The number of hydrogen-bond donors (Lipinski definition) is 2. The Morgan fingerprint density at radius 1 is 1.30 bits per heavy atom. The summed E-state index contributed by atoms with van der Waals surface area (Å²) >= 11 is 4.84. The van der Waals surface area contributed by atoms with Gasteiger partial charge in [0.15, 0.2) is 0 Å². The Labute approximate surface area is 166 Å². The smallest absolute Gasteiger partial charge is 0.248 e. The standard InChI is InChI=1S/C18H13BrN6OS/c19-12-6-11-7-13(16(26)23-15(11)20-8-12)21-17-24-25-9-14(22-18(25)27-17)10-4-2-1-3-5-10/h1-6,8-9,13H,7H2,(H,21,24)(H,20,23,26). The van der Waals surface area contributed by atoms with E-state index >= 15 is 0 Å². The lowest BCUT2D eigenvalue weighted by Gasteiger charge is -2.24. The Balaban J connectivity index is 1.38. The molecule has 0 saturated carbocycles. The normalized spacial score (nSPS) is 16.2. The van der Waals surface area contributed by atoms with E-state index in [1.54, 1.807) is 10.7 Å². The monoisotopic (exact) mass is 440 g/mol. The number of pyridine rings is 1. The van der Waals surface area contributed by atoms with Crippen LogP contribution in [0.2, 0.25) is 0 Å². The molecular formula is C18H13BrN6OS. The van der Waals surface area contributed by atoms with Gasteiger partial charge in [0, 0.05) is 22.7 Å². The number of halogens is 1. The third kappa shape index (κ3) is 3.08. The molecule has 1 aromatic carbocycles. The first kappa shape index (κ1) is 16.4. The number of amides is 1. The summed E-state index contributed by atoms with van der Waals surface area (Å²) in [5.74, 6) is 0.498. The summed E-state index contributed by atoms with van der Waals surface area (Å²) in [6, 6.07) is 11.5. The number of rotatable bonds is 3. The fourth-order valence-electron chi connectivity index (χ4n) is 3.04. The van der Waals surface area contributed by atoms with Crippen molar-refractivity contribution in [1.29, 1.82) is 0 Å². The number of fused-ring (bicyclic) bond motifs is 2.